The van der Waals surface area contributed by atoms with Crippen molar-refractivity contribution in [3.05, 3.63) is 64.7 Å². The van der Waals surface area contributed by atoms with Crippen LogP contribution in [0, 0.1) is 6.92 Å². The Hall–Kier alpha value is -1.85. The summed E-state index contributed by atoms with van der Waals surface area (Å²) in [4.78, 5) is 4.26. The summed E-state index contributed by atoms with van der Waals surface area (Å²) in [6, 6.07) is 13.6. The predicted molar refractivity (Wildman–Crippen MR) is 85.9 cm³/mol. The molecule has 2 aromatic carbocycles. The van der Waals surface area contributed by atoms with Crippen molar-refractivity contribution in [3.8, 4) is 0 Å². The van der Waals surface area contributed by atoms with Crippen molar-refractivity contribution < 1.29 is 13.2 Å². The summed E-state index contributed by atoms with van der Waals surface area (Å²) in [6.45, 7) is 1.91. The van der Waals surface area contributed by atoms with Gasteiger partial charge in [0.1, 0.15) is 0 Å². The lowest BCUT2D eigenvalue weighted by atomic mass is 10.1. The summed E-state index contributed by atoms with van der Waals surface area (Å²) in [6.07, 6.45) is 0.541. The van der Waals surface area contributed by atoms with Gasteiger partial charge in [0.2, 0.25) is 9.84 Å². The molecule has 4 nitrogen and oxygen atoms in total. The average molecular weight is 336 g/mol. The fraction of sp³-hybridized carbons (Fsp3) is 0.188. The van der Waals surface area contributed by atoms with Crippen LogP contribution >= 0.6 is 11.6 Å². The van der Waals surface area contributed by atoms with Crippen molar-refractivity contribution in [1.82, 2.24) is 0 Å². The smallest absolute Gasteiger partial charge is 0.205 e. The number of nitrogens with zero attached hydrogens (tertiary/aromatic N) is 1. The van der Waals surface area contributed by atoms with Crippen molar-refractivity contribution in [3.63, 3.8) is 0 Å². The fourth-order valence-electron chi connectivity index (χ4n) is 2.31. The second-order valence-corrected chi connectivity index (χ2v) is 7.59. The average Bonchev–Trinajstić information content (AvgIpc) is 2.99. The monoisotopic (exact) mass is 335 g/mol. The van der Waals surface area contributed by atoms with E-state index in [1.165, 1.54) is 6.40 Å². The molecule has 1 heterocycles. The zero-order valence-corrected chi connectivity index (χ0v) is 13.4. The molecular formula is C16H14ClNO3S. The van der Waals surface area contributed by atoms with E-state index in [9.17, 15) is 8.42 Å². The van der Waals surface area contributed by atoms with Crippen molar-refractivity contribution in [2.75, 3.05) is 0 Å². The molecule has 1 aliphatic rings. The van der Waals surface area contributed by atoms with E-state index < -0.39 is 21.3 Å². The van der Waals surface area contributed by atoms with Crippen LogP contribution in [0.4, 0.5) is 0 Å². The fourth-order valence-corrected chi connectivity index (χ4v) is 3.99. The SMILES string of the molecule is Cc1ccc(S(=O)(=O)[C@@H]2N=CO[C@H]2c2ccc(Cl)cc2)cc1. The maximum absolute atomic E-state index is 12.8. The van der Waals surface area contributed by atoms with Crippen LogP contribution in [-0.2, 0) is 14.6 Å². The van der Waals surface area contributed by atoms with Crippen molar-refractivity contribution >= 4 is 27.8 Å². The second-order valence-electron chi connectivity index (χ2n) is 5.11. The lowest BCUT2D eigenvalue weighted by Gasteiger charge is -2.18. The minimum Gasteiger partial charge on any atom is -0.472 e. The minimum absolute atomic E-state index is 0.240. The molecule has 0 aliphatic carbocycles. The highest BCUT2D eigenvalue weighted by atomic mass is 35.5. The summed E-state index contributed by atoms with van der Waals surface area (Å²) in [5.41, 5.74) is 1.72. The van der Waals surface area contributed by atoms with E-state index in [0.29, 0.717) is 5.02 Å². The highest BCUT2D eigenvalue weighted by Crippen LogP contribution is 2.34. The van der Waals surface area contributed by atoms with Crippen LogP contribution < -0.4 is 0 Å². The first kappa shape index (κ1) is 15.1. The molecule has 1 aliphatic heterocycles. The number of rotatable bonds is 3. The molecule has 2 aromatic rings. The lowest BCUT2D eigenvalue weighted by Crippen LogP contribution is -2.24. The maximum atomic E-state index is 12.8. The quantitative estimate of drug-likeness (QED) is 0.862. The van der Waals surface area contributed by atoms with Gasteiger partial charge in [-0.1, -0.05) is 41.4 Å². The largest absolute Gasteiger partial charge is 0.472 e. The molecule has 0 radical (unpaired) electrons. The Morgan fingerprint density at radius 1 is 1.05 bits per heavy atom. The Morgan fingerprint density at radius 2 is 1.68 bits per heavy atom. The highest BCUT2D eigenvalue weighted by Gasteiger charge is 2.39. The van der Waals surface area contributed by atoms with Gasteiger partial charge >= 0.3 is 0 Å². The maximum Gasteiger partial charge on any atom is 0.205 e. The first-order chi connectivity index (χ1) is 10.5. The van der Waals surface area contributed by atoms with Gasteiger partial charge in [0.05, 0.1) is 4.90 Å². The molecule has 0 saturated heterocycles. The zero-order valence-electron chi connectivity index (χ0n) is 11.8. The number of aliphatic imine (C=N–C) groups is 1. The molecule has 0 fully saturated rings. The molecule has 114 valence electrons. The molecule has 0 spiro atoms. The third-order valence-electron chi connectivity index (χ3n) is 3.54. The van der Waals surface area contributed by atoms with Gasteiger partial charge in [0, 0.05) is 5.02 Å². The van der Waals surface area contributed by atoms with Gasteiger partial charge in [-0.25, -0.2) is 13.4 Å². The zero-order chi connectivity index (χ0) is 15.7. The van der Waals surface area contributed by atoms with Crippen LogP contribution in [0.5, 0.6) is 0 Å². The first-order valence-corrected chi connectivity index (χ1v) is 8.64. The topological polar surface area (TPSA) is 55.7 Å². The summed E-state index contributed by atoms with van der Waals surface area (Å²) < 4.78 is 31.0. The Labute approximate surface area is 134 Å². The molecule has 0 N–H and O–H groups in total. The standard InChI is InChI=1S/C16H14ClNO3S/c1-11-2-8-14(9-3-11)22(19,20)16-15(21-10-18-16)12-4-6-13(17)7-5-12/h2-10,15-16H,1H3/t15-,16-/m0/s1. The van der Waals surface area contributed by atoms with Gasteiger partial charge in [-0.2, -0.15) is 0 Å². The first-order valence-electron chi connectivity index (χ1n) is 6.71. The third kappa shape index (κ3) is 2.74. The van der Waals surface area contributed by atoms with Gasteiger partial charge < -0.3 is 4.74 Å². The van der Waals surface area contributed by atoms with Crippen LogP contribution in [-0.4, -0.2) is 20.2 Å². The molecule has 0 amide bonds. The van der Waals surface area contributed by atoms with Gasteiger partial charge in [0.25, 0.3) is 0 Å². The van der Waals surface area contributed by atoms with Crippen molar-refractivity contribution in [2.24, 2.45) is 4.99 Å². The minimum atomic E-state index is -3.62. The van der Waals surface area contributed by atoms with E-state index in [2.05, 4.69) is 4.99 Å². The Morgan fingerprint density at radius 3 is 2.32 bits per heavy atom. The molecule has 0 unspecified atom stereocenters. The van der Waals surface area contributed by atoms with E-state index in [1.54, 1.807) is 48.5 Å². The van der Waals surface area contributed by atoms with Gasteiger partial charge in [0.15, 0.2) is 17.9 Å². The number of hydrogen-bond donors (Lipinski definition) is 0. The Balaban J connectivity index is 1.96. The van der Waals surface area contributed by atoms with Gasteiger partial charge in [-0.15, -0.1) is 0 Å². The molecular weight excluding hydrogens is 322 g/mol. The number of halogens is 1. The lowest BCUT2D eigenvalue weighted by molar-refractivity contribution is 0.227. The van der Waals surface area contributed by atoms with Crippen LogP contribution in [0.25, 0.3) is 0 Å². The summed E-state index contributed by atoms with van der Waals surface area (Å²) in [7, 11) is -3.62. The third-order valence-corrected chi connectivity index (χ3v) is 5.73. The number of hydrogen-bond acceptors (Lipinski definition) is 4. The number of sulfone groups is 1. The van der Waals surface area contributed by atoms with Gasteiger partial charge in [-0.05, 0) is 36.8 Å². The van der Waals surface area contributed by atoms with Crippen LogP contribution in [0.2, 0.25) is 5.02 Å². The number of benzene rings is 2. The number of aryl methyl sites for hydroxylation is 1. The summed E-state index contributed by atoms with van der Waals surface area (Å²) >= 11 is 5.87. The normalized spacial score (nSPS) is 20.8. The van der Waals surface area contributed by atoms with Crippen molar-refractivity contribution in [2.45, 2.75) is 23.3 Å². The molecule has 0 saturated carbocycles. The summed E-state index contributed by atoms with van der Waals surface area (Å²) in [5.74, 6) is 0. The van der Waals surface area contributed by atoms with E-state index in [4.69, 9.17) is 16.3 Å². The van der Waals surface area contributed by atoms with E-state index in [1.807, 2.05) is 6.92 Å². The molecule has 2 atom stereocenters. The van der Waals surface area contributed by atoms with E-state index in [0.717, 1.165) is 11.1 Å². The highest BCUT2D eigenvalue weighted by molar-refractivity contribution is 7.92. The van der Waals surface area contributed by atoms with E-state index >= 15 is 0 Å². The number of ether oxygens (including phenoxy) is 1. The summed E-state index contributed by atoms with van der Waals surface area (Å²) in [5, 5.41) is -0.406. The van der Waals surface area contributed by atoms with Crippen LogP contribution in [0.1, 0.15) is 17.2 Å². The van der Waals surface area contributed by atoms with Crippen LogP contribution in [0.3, 0.4) is 0 Å². The molecule has 6 heteroatoms. The van der Waals surface area contributed by atoms with Crippen molar-refractivity contribution in [1.29, 1.82) is 0 Å². The van der Waals surface area contributed by atoms with Crippen LogP contribution in [0.15, 0.2) is 58.4 Å². The molecule has 0 bridgehead atoms. The molecule has 22 heavy (non-hydrogen) atoms. The van der Waals surface area contributed by atoms with Gasteiger partial charge in [-0.3, -0.25) is 0 Å². The van der Waals surface area contributed by atoms with E-state index in [-0.39, 0.29) is 4.90 Å². The molecule has 0 aromatic heterocycles. The Bertz CT molecular complexity index is 798. The second kappa shape index (κ2) is 5.74. The predicted octanol–water partition coefficient (Wildman–Crippen LogP) is 3.55. The molecule has 3 rings (SSSR count). The Kier molecular flexibility index (Phi) is 3.93.